The number of carbonyl (C=O) groups excluding carboxylic acids is 2. The lowest BCUT2D eigenvalue weighted by Crippen LogP contribution is -2.28. The molecule has 6 nitrogen and oxygen atoms in total. The quantitative estimate of drug-likeness (QED) is 0.225. The van der Waals surface area contributed by atoms with Gasteiger partial charge in [-0.05, 0) is 69.5 Å². The minimum atomic E-state index is -0.943. The van der Waals surface area contributed by atoms with Gasteiger partial charge in [0.1, 0.15) is 11.5 Å². The topological polar surface area (TPSA) is 71.1 Å². The number of carbonyl (C=O) groups is 2. The highest BCUT2D eigenvalue weighted by Crippen LogP contribution is 2.18. The Bertz CT molecular complexity index is 800. The van der Waals surface area contributed by atoms with Gasteiger partial charge >= 0.3 is 11.9 Å². The third kappa shape index (κ3) is 12.5. The number of alkyl halides is 1. The number of hydrogen-bond donors (Lipinski definition) is 0. The zero-order chi connectivity index (χ0) is 24.1. The van der Waals surface area contributed by atoms with Crippen LogP contribution in [0.15, 0.2) is 48.5 Å². The lowest BCUT2D eigenvalue weighted by Gasteiger charge is -2.13. The zero-order valence-corrected chi connectivity index (χ0v) is 20.3. The van der Waals surface area contributed by atoms with E-state index in [2.05, 4.69) is 9.47 Å². The fraction of sp³-hybridized carbons (Fsp3) is 0.481. The third-order valence-electron chi connectivity index (χ3n) is 4.16. The molecule has 0 aliphatic rings. The molecule has 0 aliphatic heterocycles. The third-order valence-corrected chi connectivity index (χ3v) is 4.46. The predicted octanol–water partition coefficient (Wildman–Crippen LogP) is 6.46. The van der Waals surface area contributed by atoms with Crippen LogP contribution in [0.5, 0.6) is 11.5 Å². The van der Waals surface area contributed by atoms with Gasteiger partial charge in [0.2, 0.25) is 0 Å². The summed E-state index contributed by atoms with van der Waals surface area (Å²) < 4.78 is 20.2. The molecule has 0 saturated carbocycles. The van der Waals surface area contributed by atoms with E-state index in [0.717, 1.165) is 22.6 Å². The van der Waals surface area contributed by atoms with Crippen LogP contribution < -0.4 is 9.47 Å². The number of methoxy groups -OCH3 is 2. The number of benzene rings is 2. The Kier molecular flexibility index (Phi) is 17.4. The van der Waals surface area contributed by atoms with Crippen LogP contribution in [0.4, 0.5) is 0 Å². The molecule has 34 heavy (non-hydrogen) atoms. The smallest absolute Gasteiger partial charge is 0.320 e. The SMILES string of the molecule is C.C.CC(C)Oc1ccc(CCl)cc1.COC(=O)C(Cc1ccc(OC(C)C)cc1)C(=O)OC. The molecule has 2 rings (SSSR count). The van der Waals surface area contributed by atoms with Gasteiger partial charge in [0.25, 0.3) is 0 Å². The molecular formula is C27H41ClO6. The molecule has 0 saturated heterocycles. The highest BCUT2D eigenvalue weighted by molar-refractivity contribution is 6.17. The molecule has 0 N–H and O–H groups in total. The molecule has 0 aliphatic carbocycles. The van der Waals surface area contributed by atoms with E-state index < -0.39 is 17.9 Å². The molecule has 2 aromatic rings. The minimum absolute atomic E-state index is 0. The molecule has 0 fully saturated rings. The molecule has 0 atom stereocenters. The van der Waals surface area contributed by atoms with Crippen LogP contribution in [-0.2, 0) is 31.4 Å². The first kappa shape index (κ1) is 33.4. The van der Waals surface area contributed by atoms with Crippen molar-refractivity contribution in [1.29, 1.82) is 0 Å². The van der Waals surface area contributed by atoms with Crippen LogP contribution in [0, 0.1) is 5.92 Å². The van der Waals surface area contributed by atoms with Crippen molar-refractivity contribution in [1.82, 2.24) is 0 Å². The first-order chi connectivity index (χ1) is 15.2. The fourth-order valence-corrected chi connectivity index (χ4v) is 2.87. The minimum Gasteiger partial charge on any atom is -0.491 e. The summed E-state index contributed by atoms with van der Waals surface area (Å²) in [5, 5.41) is 0. The van der Waals surface area contributed by atoms with Crippen molar-refractivity contribution in [3.63, 3.8) is 0 Å². The summed E-state index contributed by atoms with van der Waals surface area (Å²) in [5.74, 6) is 0.0676. The molecule has 0 spiro atoms. The molecule has 2 aromatic carbocycles. The van der Waals surface area contributed by atoms with E-state index in [4.69, 9.17) is 21.1 Å². The molecule has 0 radical (unpaired) electrons. The molecule has 0 bridgehead atoms. The van der Waals surface area contributed by atoms with E-state index in [1.807, 2.05) is 64.1 Å². The highest BCUT2D eigenvalue weighted by atomic mass is 35.5. The van der Waals surface area contributed by atoms with Gasteiger partial charge in [0.05, 0.1) is 26.4 Å². The van der Waals surface area contributed by atoms with E-state index in [0.29, 0.717) is 5.88 Å². The summed E-state index contributed by atoms with van der Waals surface area (Å²) in [5.41, 5.74) is 1.95. The lowest BCUT2D eigenvalue weighted by atomic mass is 9.99. The van der Waals surface area contributed by atoms with Crippen molar-refractivity contribution in [2.24, 2.45) is 5.92 Å². The van der Waals surface area contributed by atoms with Crippen molar-refractivity contribution in [3.05, 3.63) is 59.7 Å². The van der Waals surface area contributed by atoms with Crippen molar-refractivity contribution in [3.8, 4) is 11.5 Å². The summed E-state index contributed by atoms with van der Waals surface area (Å²) in [6.45, 7) is 7.90. The number of rotatable bonds is 9. The van der Waals surface area contributed by atoms with Crippen LogP contribution in [0.1, 0.15) is 53.7 Å². The molecule has 0 heterocycles. The van der Waals surface area contributed by atoms with Crippen LogP contribution in [-0.4, -0.2) is 38.4 Å². The summed E-state index contributed by atoms with van der Waals surface area (Å²) in [7, 11) is 2.50. The van der Waals surface area contributed by atoms with Gasteiger partial charge in [-0.15, -0.1) is 11.6 Å². The Morgan fingerprint density at radius 2 is 1.06 bits per heavy atom. The van der Waals surface area contributed by atoms with Gasteiger partial charge < -0.3 is 18.9 Å². The maximum Gasteiger partial charge on any atom is 0.320 e. The van der Waals surface area contributed by atoms with Crippen LogP contribution in [0.2, 0.25) is 0 Å². The molecule has 7 heteroatoms. The van der Waals surface area contributed by atoms with Crippen molar-refractivity contribution >= 4 is 23.5 Å². The number of esters is 2. The average Bonchev–Trinajstić information content (AvgIpc) is 2.77. The van der Waals surface area contributed by atoms with Gasteiger partial charge in [-0.3, -0.25) is 9.59 Å². The van der Waals surface area contributed by atoms with Crippen LogP contribution >= 0.6 is 11.6 Å². The maximum absolute atomic E-state index is 11.6. The normalized spacial score (nSPS) is 9.82. The fourth-order valence-electron chi connectivity index (χ4n) is 2.69. The van der Waals surface area contributed by atoms with Gasteiger partial charge in [0, 0.05) is 5.88 Å². The summed E-state index contributed by atoms with van der Waals surface area (Å²) in [4.78, 5) is 23.2. The second-order valence-electron chi connectivity index (χ2n) is 7.56. The van der Waals surface area contributed by atoms with E-state index in [1.165, 1.54) is 14.2 Å². The monoisotopic (exact) mass is 496 g/mol. The van der Waals surface area contributed by atoms with Gasteiger partial charge in [-0.25, -0.2) is 0 Å². The predicted molar refractivity (Wildman–Crippen MR) is 139 cm³/mol. The van der Waals surface area contributed by atoms with Crippen molar-refractivity contribution in [2.75, 3.05) is 14.2 Å². The van der Waals surface area contributed by atoms with E-state index in [-0.39, 0.29) is 33.5 Å². The molecule has 0 unspecified atom stereocenters. The van der Waals surface area contributed by atoms with E-state index >= 15 is 0 Å². The second-order valence-corrected chi connectivity index (χ2v) is 7.83. The lowest BCUT2D eigenvalue weighted by molar-refractivity contribution is -0.158. The molecule has 0 aromatic heterocycles. The zero-order valence-electron chi connectivity index (χ0n) is 19.6. The maximum atomic E-state index is 11.6. The van der Waals surface area contributed by atoms with Crippen LogP contribution in [0.3, 0.4) is 0 Å². The summed E-state index contributed by atoms with van der Waals surface area (Å²) >= 11 is 5.64. The Balaban J connectivity index is 0. The Morgan fingerprint density at radius 1 is 0.706 bits per heavy atom. The number of halogens is 1. The van der Waals surface area contributed by atoms with Crippen molar-refractivity contribution in [2.45, 2.75) is 67.1 Å². The number of hydrogen-bond acceptors (Lipinski definition) is 6. The standard InChI is InChI=1S/C15H20O5.C10H13ClO.2CH4/c1-10(2)20-12-7-5-11(6-8-12)9-13(14(16)18-3)15(17)19-4;1-8(2)12-10-5-3-9(7-11)4-6-10;;/h5-8,10,13H,9H2,1-4H3;3-6,8H,7H2,1-2H3;2*1H4. The van der Waals surface area contributed by atoms with Crippen LogP contribution in [0.25, 0.3) is 0 Å². The van der Waals surface area contributed by atoms with Crippen molar-refractivity contribution < 1.29 is 28.5 Å². The van der Waals surface area contributed by atoms with E-state index in [1.54, 1.807) is 12.1 Å². The molecule has 192 valence electrons. The van der Waals surface area contributed by atoms with Gasteiger partial charge in [-0.2, -0.15) is 0 Å². The first-order valence-electron chi connectivity index (χ1n) is 10.4. The Labute approximate surface area is 210 Å². The molecule has 0 amide bonds. The van der Waals surface area contributed by atoms with Gasteiger partial charge in [0.15, 0.2) is 5.92 Å². The highest BCUT2D eigenvalue weighted by Gasteiger charge is 2.28. The largest absolute Gasteiger partial charge is 0.491 e. The Morgan fingerprint density at radius 3 is 1.35 bits per heavy atom. The number of ether oxygens (including phenoxy) is 4. The first-order valence-corrected chi connectivity index (χ1v) is 11.0. The average molecular weight is 497 g/mol. The summed E-state index contributed by atoms with van der Waals surface area (Å²) in [6.07, 6.45) is 0.562. The second kappa shape index (κ2) is 17.7. The van der Waals surface area contributed by atoms with E-state index in [9.17, 15) is 9.59 Å². The van der Waals surface area contributed by atoms with Gasteiger partial charge in [-0.1, -0.05) is 39.1 Å². The Hall–Kier alpha value is -2.73. The summed E-state index contributed by atoms with van der Waals surface area (Å²) in [6, 6.07) is 15.1. The molecular weight excluding hydrogens is 456 g/mol.